The maximum absolute atomic E-state index is 10.9. The van der Waals surface area contributed by atoms with Crippen molar-refractivity contribution in [1.82, 2.24) is 0 Å². The SMILES string of the molecule is COc1cc(CCCN)cc([N+](=O)[O-])c1OC. The largest absolute Gasteiger partial charge is 0.493 e. The number of nitrogens with two attached hydrogens (primary N) is 1. The molecule has 0 aromatic heterocycles. The number of aryl methyl sites for hydroxylation is 1. The summed E-state index contributed by atoms with van der Waals surface area (Å²) < 4.78 is 10.1. The van der Waals surface area contributed by atoms with Crippen LogP contribution in [0.3, 0.4) is 0 Å². The lowest BCUT2D eigenvalue weighted by Crippen LogP contribution is -2.02. The summed E-state index contributed by atoms with van der Waals surface area (Å²) >= 11 is 0. The summed E-state index contributed by atoms with van der Waals surface area (Å²) in [7, 11) is 2.83. The van der Waals surface area contributed by atoms with Gasteiger partial charge in [-0.25, -0.2) is 0 Å². The van der Waals surface area contributed by atoms with Crippen LogP contribution in [0.15, 0.2) is 12.1 Å². The lowest BCUT2D eigenvalue weighted by atomic mass is 10.1. The van der Waals surface area contributed by atoms with Crippen LogP contribution in [0.4, 0.5) is 5.69 Å². The number of nitro benzene ring substituents is 1. The number of methoxy groups -OCH3 is 2. The minimum Gasteiger partial charge on any atom is -0.493 e. The predicted octanol–water partition coefficient (Wildman–Crippen LogP) is 1.50. The number of rotatable bonds is 6. The third kappa shape index (κ3) is 3.07. The molecule has 0 saturated carbocycles. The van der Waals surface area contributed by atoms with Gasteiger partial charge in [0.15, 0.2) is 5.75 Å². The van der Waals surface area contributed by atoms with Gasteiger partial charge in [-0.3, -0.25) is 10.1 Å². The lowest BCUT2D eigenvalue weighted by Gasteiger charge is -2.10. The summed E-state index contributed by atoms with van der Waals surface area (Å²) in [5.74, 6) is 0.516. The normalized spacial score (nSPS) is 10.1. The molecule has 6 nitrogen and oxygen atoms in total. The summed E-state index contributed by atoms with van der Waals surface area (Å²) in [5, 5.41) is 10.9. The molecule has 0 aliphatic heterocycles. The van der Waals surface area contributed by atoms with Gasteiger partial charge in [0.1, 0.15) is 0 Å². The number of ether oxygens (including phenoxy) is 2. The van der Waals surface area contributed by atoms with Gasteiger partial charge in [-0.1, -0.05) is 0 Å². The molecule has 0 aliphatic carbocycles. The highest BCUT2D eigenvalue weighted by Crippen LogP contribution is 2.38. The molecule has 0 aliphatic rings. The first-order valence-corrected chi connectivity index (χ1v) is 5.23. The van der Waals surface area contributed by atoms with Crippen LogP contribution in [0.25, 0.3) is 0 Å². The Morgan fingerprint density at radius 3 is 2.53 bits per heavy atom. The highest BCUT2D eigenvalue weighted by atomic mass is 16.6. The molecule has 0 radical (unpaired) electrons. The second-order valence-electron chi connectivity index (χ2n) is 3.50. The van der Waals surface area contributed by atoms with Crippen molar-refractivity contribution in [2.24, 2.45) is 5.73 Å². The van der Waals surface area contributed by atoms with Crippen molar-refractivity contribution < 1.29 is 14.4 Å². The molecule has 2 N–H and O–H groups in total. The molecular weight excluding hydrogens is 224 g/mol. The van der Waals surface area contributed by atoms with E-state index in [1.54, 1.807) is 6.07 Å². The Hall–Kier alpha value is -1.82. The summed E-state index contributed by atoms with van der Waals surface area (Å²) in [4.78, 5) is 10.4. The Labute approximate surface area is 99.5 Å². The van der Waals surface area contributed by atoms with Crippen molar-refractivity contribution >= 4 is 5.69 Å². The van der Waals surface area contributed by atoms with E-state index in [4.69, 9.17) is 15.2 Å². The molecule has 0 fully saturated rings. The van der Waals surface area contributed by atoms with E-state index in [1.807, 2.05) is 0 Å². The second-order valence-corrected chi connectivity index (χ2v) is 3.50. The van der Waals surface area contributed by atoms with E-state index in [1.165, 1.54) is 20.3 Å². The van der Waals surface area contributed by atoms with E-state index < -0.39 is 4.92 Å². The summed E-state index contributed by atoms with van der Waals surface area (Å²) in [6.45, 7) is 0.544. The fourth-order valence-corrected chi connectivity index (χ4v) is 1.59. The zero-order chi connectivity index (χ0) is 12.8. The molecule has 1 aromatic rings. The molecule has 0 saturated heterocycles. The molecule has 17 heavy (non-hydrogen) atoms. The van der Waals surface area contributed by atoms with Crippen LogP contribution >= 0.6 is 0 Å². The standard InChI is InChI=1S/C11H16N2O4/c1-16-10-7-8(4-3-5-12)6-9(13(14)15)11(10)17-2/h6-7H,3-5,12H2,1-2H3. The molecule has 0 atom stereocenters. The smallest absolute Gasteiger partial charge is 0.315 e. The number of benzene rings is 1. The summed E-state index contributed by atoms with van der Waals surface area (Å²) in [6, 6.07) is 3.23. The minimum atomic E-state index is -0.479. The minimum absolute atomic E-state index is 0.0844. The van der Waals surface area contributed by atoms with Crippen LogP contribution < -0.4 is 15.2 Å². The molecule has 0 unspecified atom stereocenters. The third-order valence-electron chi connectivity index (χ3n) is 2.39. The van der Waals surface area contributed by atoms with E-state index in [-0.39, 0.29) is 11.4 Å². The maximum atomic E-state index is 10.9. The van der Waals surface area contributed by atoms with E-state index >= 15 is 0 Å². The summed E-state index contributed by atoms with van der Waals surface area (Å²) in [6.07, 6.45) is 1.45. The van der Waals surface area contributed by atoms with Gasteiger partial charge in [0.2, 0.25) is 5.75 Å². The van der Waals surface area contributed by atoms with Gasteiger partial charge in [0.05, 0.1) is 19.1 Å². The van der Waals surface area contributed by atoms with Crippen LogP contribution in [0.2, 0.25) is 0 Å². The Kier molecular flexibility index (Phi) is 4.71. The van der Waals surface area contributed by atoms with E-state index in [0.29, 0.717) is 18.7 Å². The van der Waals surface area contributed by atoms with E-state index in [9.17, 15) is 10.1 Å². The van der Waals surface area contributed by atoms with Crippen molar-refractivity contribution in [3.8, 4) is 11.5 Å². The first kappa shape index (κ1) is 13.2. The van der Waals surface area contributed by atoms with Gasteiger partial charge in [-0.2, -0.15) is 0 Å². The number of hydrogen-bond acceptors (Lipinski definition) is 5. The first-order valence-electron chi connectivity index (χ1n) is 5.23. The highest BCUT2D eigenvalue weighted by molar-refractivity contribution is 5.58. The fourth-order valence-electron chi connectivity index (χ4n) is 1.59. The lowest BCUT2D eigenvalue weighted by molar-refractivity contribution is -0.385. The zero-order valence-corrected chi connectivity index (χ0v) is 9.93. The number of nitro groups is 1. The fraction of sp³-hybridized carbons (Fsp3) is 0.455. The van der Waals surface area contributed by atoms with Crippen LogP contribution in [-0.2, 0) is 6.42 Å². The van der Waals surface area contributed by atoms with Crippen LogP contribution in [0.1, 0.15) is 12.0 Å². The van der Waals surface area contributed by atoms with E-state index in [2.05, 4.69) is 0 Å². The molecule has 94 valence electrons. The van der Waals surface area contributed by atoms with Gasteiger partial charge in [0, 0.05) is 6.07 Å². The van der Waals surface area contributed by atoms with Crippen LogP contribution in [0, 0.1) is 10.1 Å². The quantitative estimate of drug-likeness (QED) is 0.601. The van der Waals surface area contributed by atoms with Gasteiger partial charge in [-0.15, -0.1) is 0 Å². The predicted molar refractivity (Wildman–Crippen MR) is 63.6 cm³/mol. The zero-order valence-electron chi connectivity index (χ0n) is 9.93. The average Bonchev–Trinajstić information content (AvgIpc) is 2.34. The van der Waals surface area contributed by atoms with Gasteiger partial charge in [-0.05, 0) is 31.0 Å². The Morgan fingerprint density at radius 2 is 2.06 bits per heavy atom. The second kappa shape index (κ2) is 6.05. The monoisotopic (exact) mass is 240 g/mol. The van der Waals surface area contributed by atoms with Crippen molar-refractivity contribution in [2.45, 2.75) is 12.8 Å². The molecule has 0 bridgehead atoms. The molecule has 1 rings (SSSR count). The van der Waals surface area contributed by atoms with Gasteiger partial charge >= 0.3 is 5.69 Å². The molecule has 0 spiro atoms. The van der Waals surface area contributed by atoms with Crippen molar-refractivity contribution in [3.05, 3.63) is 27.8 Å². The number of nitrogens with zero attached hydrogens (tertiary/aromatic N) is 1. The third-order valence-corrected chi connectivity index (χ3v) is 2.39. The maximum Gasteiger partial charge on any atom is 0.315 e. The Balaban J connectivity index is 3.20. The Morgan fingerprint density at radius 1 is 1.35 bits per heavy atom. The first-order chi connectivity index (χ1) is 8.13. The molecular formula is C11H16N2O4. The summed E-state index contributed by atoms with van der Waals surface area (Å²) in [5.41, 5.74) is 6.15. The van der Waals surface area contributed by atoms with Crippen molar-refractivity contribution in [3.63, 3.8) is 0 Å². The van der Waals surface area contributed by atoms with Gasteiger partial charge < -0.3 is 15.2 Å². The van der Waals surface area contributed by atoms with Crippen LogP contribution in [-0.4, -0.2) is 25.7 Å². The average molecular weight is 240 g/mol. The Bertz CT molecular complexity index is 407. The van der Waals surface area contributed by atoms with Gasteiger partial charge in [0.25, 0.3) is 0 Å². The molecule has 1 aromatic carbocycles. The molecule has 0 amide bonds. The topological polar surface area (TPSA) is 87.6 Å². The molecule has 6 heteroatoms. The van der Waals surface area contributed by atoms with Crippen LogP contribution in [0.5, 0.6) is 11.5 Å². The van der Waals surface area contributed by atoms with Crippen molar-refractivity contribution in [1.29, 1.82) is 0 Å². The molecule has 0 heterocycles. The van der Waals surface area contributed by atoms with E-state index in [0.717, 1.165) is 12.0 Å². The highest BCUT2D eigenvalue weighted by Gasteiger charge is 2.21. The number of hydrogen-bond donors (Lipinski definition) is 1. The van der Waals surface area contributed by atoms with Crippen molar-refractivity contribution in [2.75, 3.05) is 20.8 Å².